The molecule has 2 rings (SSSR count). The molecule has 1 aromatic carbocycles. The molecular formula is C14H17N3O2. The summed E-state index contributed by atoms with van der Waals surface area (Å²) in [5, 5.41) is 0. The molecule has 0 atom stereocenters. The second-order valence-corrected chi connectivity index (χ2v) is 4.00. The van der Waals surface area contributed by atoms with Gasteiger partial charge in [-0.2, -0.15) is 0 Å². The third-order valence-corrected chi connectivity index (χ3v) is 2.42. The normalized spacial score (nSPS) is 10.2. The monoisotopic (exact) mass is 259 g/mol. The van der Waals surface area contributed by atoms with Gasteiger partial charge in [-0.1, -0.05) is 6.92 Å². The fourth-order valence-electron chi connectivity index (χ4n) is 1.43. The number of ether oxygens (including phenoxy) is 2. The molecule has 0 saturated carbocycles. The Kier molecular flexibility index (Phi) is 4.69. The first kappa shape index (κ1) is 13.3. The first-order chi connectivity index (χ1) is 9.31. The zero-order valence-corrected chi connectivity index (χ0v) is 10.9. The lowest BCUT2D eigenvalue weighted by molar-refractivity contribution is 0.317. The Hall–Kier alpha value is -2.14. The van der Waals surface area contributed by atoms with Crippen molar-refractivity contribution in [3.8, 4) is 17.5 Å². The van der Waals surface area contributed by atoms with Gasteiger partial charge in [0.25, 0.3) is 0 Å². The Labute approximate surface area is 112 Å². The molecule has 2 N–H and O–H groups in total. The second kappa shape index (κ2) is 6.70. The van der Waals surface area contributed by atoms with Gasteiger partial charge in [-0.15, -0.1) is 0 Å². The lowest BCUT2D eigenvalue weighted by atomic mass is 10.3. The summed E-state index contributed by atoms with van der Waals surface area (Å²) >= 11 is 0. The molecule has 19 heavy (non-hydrogen) atoms. The first-order valence-corrected chi connectivity index (χ1v) is 6.23. The summed E-state index contributed by atoms with van der Waals surface area (Å²) in [5.41, 5.74) is 6.35. The number of hydrogen-bond acceptors (Lipinski definition) is 5. The summed E-state index contributed by atoms with van der Waals surface area (Å²) in [6.07, 6.45) is 4.29. The van der Waals surface area contributed by atoms with E-state index in [1.807, 2.05) is 24.3 Å². The number of aromatic nitrogens is 2. The predicted molar refractivity (Wildman–Crippen MR) is 72.2 cm³/mol. The topological polar surface area (TPSA) is 70.3 Å². The number of hydrogen-bond donors (Lipinski definition) is 1. The Morgan fingerprint density at radius 3 is 2.26 bits per heavy atom. The highest BCUT2D eigenvalue weighted by Crippen LogP contribution is 2.21. The van der Waals surface area contributed by atoms with Crippen LogP contribution in [0.15, 0.2) is 36.7 Å². The highest BCUT2D eigenvalue weighted by molar-refractivity contribution is 5.32. The van der Waals surface area contributed by atoms with Crippen molar-refractivity contribution in [1.82, 2.24) is 9.97 Å². The third kappa shape index (κ3) is 3.93. The molecule has 5 nitrogen and oxygen atoms in total. The fraction of sp³-hybridized carbons (Fsp3) is 0.286. The van der Waals surface area contributed by atoms with Gasteiger partial charge in [0.05, 0.1) is 6.61 Å². The fourth-order valence-corrected chi connectivity index (χ4v) is 1.43. The SMILES string of the molecule is CCCOc1ccc(Oc2ncc(CN)cn2)cc1. The molecule has 100 valence electrons. The largest absolute Gasteiger partial charge is 0.494 e. The first-order valence-electron chi connectivity index (χ1n) is 6.23. The Morgan fingerprint density at radius 1 is 1.05 bits per heavy atom. The van der Waals surface area contributed by atoms with Crippen molar-refractivity contribution >= 4 is 0 Å². The molecule has 0 unspecified atom stereocenters. The molecular weight excluding hydrogens is 242 g/mol. The van der Waals surface area contributed by atoms with E-state index >= 15 is 0 Å². The van der Waals surface area contributed by atoms with E-state index in [2.05, 4.69) is 16.9 Å². The van der Waals surface area contributed by atoms with Crippen molar-refractivity contribution < 1.29 is 9.47 Å². The molecule has 5 heteroatoms. The molecule has 0 amide bonds. The van der Waals surface area contributed by atoms with Crippen molar-refractivity contribution in [1.29, 1.82) is 0 Å². The minimum Gasteiger partial charge on any atom is -0.494 e. The van der Waals surface area contributed by atoms with Gasteiger partial charge in [-0.3, -0.25) is 0 Å². The molecule has 1 heterocycles. The van der Waals surface area contributed by atoms with Crippen LogP contribution in [0.1, 0.15) is 18.9 Å². The van der Waals surface area contributed by atoms with Crippen molar-refractivity contribution in [2.45, 2.75) is 19.9 Å². The summed E-state index contributed by atoms with van der Waals surface area (Å²) in [4.78, 5) is 8.14. The Balaban J connectivity index is 1.98. The molecule has 0 aliphatic heterocycles. The van der Waals surface area contributed by atoms with Crippen molar-refractivity contribution in [2.75, 3.05) is 6.61 Å². The maximum Gasteiger partial charge on any atom is 0.321 e. The van der Waals surface area contributed by atoms with E-state index in [1.165, 1.54) is 0 Å². The van der Waals surface area contributed by atoms with Crippen LogP contribution in [0.2, 0.25) is 0 Å². The van der Waals surface area contributed by atoms with E-state index in [4.69, 9.17) is 15.2 Å². The van der Waals surface area contributed by atoms with Crippen LogP contribution in [0, 0.1) is 0 Å². The molecule has 2 aromatic rings. The molecule has 0 spiro atoms. The zero-order chi connectivity index (χ0) is 13.5. The number of benzene rings is 1. The van der Waals surface area contributed by atoms with Crippen molar-refractivity contribution in [3.05, 3.63) is 42.2 Å². The highest BCUT2D eigenvalue weighted by atomic mass is 16.5. The van der Waals surface area contributed by atoms with Gasteiger partial charge in [0.15, 0.2) is 0 Å². The van der Waals surface area contributed by atoms with Crippen LogP contribution in [0.4, 0.5) is 0 Å². The van der Waals surface area contributed by atoms with E-state index in [1.54, 1.807) is 12.4 Å². The third-order valence-electron chi connectivity index (χ3n) is 2.42. The van der Waals surface area contributed by atoms with E-state index in [9.17, 15) is 0 Å². The minimum atomic E-state index is 0.305. The zero-order valence-electron chi connectivity index (χ0n) is 10.9. The maximum absolute atomic E-state index is 5.52. The van der Waals surface area contributed by atoms with Gasteiger partial charge >= 0.3 is 6.01 Å². The van der Waals surface area contributed by atoms with E-state index in [0.717, 1.165) is 17.7 Å². The van der Waals surface area contributed by atoms with Gasteiger partial charge in [-0.05, 0) is 30.7 Å². The second-order valence-electron chi connectivity index (χ2n) is 4.00. The van der Waals surface area contributed by atoms with Crippen LogP contribution in [0.3, 0.4) is 0 Å². The van der Waals surface area contributed by atoms with Crippen molar-refractivity contribution in [3.63, 3.8) is 0 Å². The maximum atomic E-state index is 5.52. The van der Waals surface area contributed by atoms with Crippen molar-refractivity contribution in [2.24, 2.45) is 5.73 Å². The van der Waals surface area contributed by atoms with Gasteiger partial charge in [0, 0.05) is 24.5 Å². The summed E-state index contributed by atoms with van der Waals surface area (Å²) < 4.78 is 11.0. The standard InChI is InChI=1S/C14H17N3O2/c1-2-7-18-12-3-5-13(6-4-12)19-14-16-9-11(8-15)10-17-14/h3-6,9-10H,2,7-8,15H2,1H3. The lowest BCUT2D eigenvalue weighted by Crippen LogP contribution is -1.99. The van der Waals surface area contributed by atoms with Crippen LogP contribution < -0.4 is 15.2 Å². The van der Waals surface area contributed by atoms with Gasteiger partial charge in [0.1, 0.15) is 11.5 Å². The molecule has 0 aliphatic carbocycles. The molecule has 0 saturated heterocycles. The summed E-state index contributed by atoms with van der Waals surface area (Å²) in [6.45, 7) is 3.20. The molecule has 0 fully saturated rings. The van der Waals surface area contributed by atoms with Crippen LogP contribution in [0.5, 0.6) is 17.5 Å². The number of rotatable bonds is 6. The highest BCUT2D eigenvalue weighted by Gasteiger charge is 2.01. The smallest absolute Gasteiger partial charge is 0.321 e. The van der Waals surface area contributed by atoms with E-state index < -0.39 is 0 Å². The minimum absolute atomic E-state index is 0.305. The molecule has 0 radical (unpaired) electrons. The average molecular weight is 259 g/mol. The number of nitrogens with zero attached hydrogens (tertiary/aromatic N) is 2. The molecule has 0 bridgehead atoms. The van der Waals surface area contributed by atoms with E-state index in [-0.39, 0.29) is 0 Å². The van der Waals surface area contributed by atoms with Crippen LogP contribution in [-0.2, 0) is 6.54 Å². The van der Waals surface area contributed by atoms with Gasteiger partial charge in [0.2, 0.25) is 0 Å². The predicted octanol–water partition coefficient (Wildman–Crippen LogP) is 2.52. The lowest BCUT2D eigenvalue weighted by Gasteiger charge is -2.06. The van der Waals surface area contributed by atoms with Crippen LogP contribution >= 0.6 is 0 Å². The summed E-state index contributed by atoms with van der Waals surface area (Å²) in [6, 6.07) is 7.67. The summed E-state index contributed by atoms with van der Waals surface area (Å²) in [7, 11) is 0. The quantitative estimate of drug-likeness (QED) is 0.863. The Morgan fingerprint density at radius 2 is 1.68 bits per heavy atom. The van der Waals surface area contributed by atoms with Gasteiger partial charge in [-0.25, -0.2) is 9.97 Å². The molecule has 0 aliphatic rings. The van der Waals surface area contributed by atoms with Crippen LogP contribution in [0.25, 0.3) is 0 Å². The Bertz CT molecular complexity index is 497. The average Bonchev–Trinajstić information content (AvgIpc) is 2.47. The van der Waals surface area contributed by atoms with Gasteiger partial charge < -0.3 is 15.2 Å². The number of nitrogens with two attached hydrogens (primary N) is 1. The molecule has 1 aromatic heterocycles. The van der Waals surface area contributed by atoms with E-state index in [0.29, 0.717) is 24.9 Å². The van der Waals surface area contributed by atoms with Crippen LogP contribution in [-0.4, -0.2) is 16.6 Å². The summed E-state index contributed by atoms with van der Waals surface area (Å²) in [5.74, 6) is 1.50.